The Balaban J connectivity index is 2.26. The zero-order valence-electron chi connectivity index (χ0n) is 11.5. The van der Waals surface area contributed by atoms with Crippen LogP contribution in [0.2, 0.25) is 0 Å². The molecule has 2 aromatic rings. The van der Waals surface area contributed by atoms with Crippen molar-refractivity contribution >= 4 is 33.3 Å². The second-order valence-corrected chi connectivity index (χ2v) is 5.26. The molecular weight excluding hydrogens is 320 g/mol. The van der Waals surface area contributed by atoms with E-state index in [0.717, 1.165) is 16.0 Å². The van der Waals surface area contributed by atoms with Gasteiger partial charge in [0.1, 0.15) is 17.5 Å². The van der Waals surface area contributed by atoms with Crippen LogP contribution in [0.15, 0.2) is 34.8 Å². The predicted molar refractivity (Wildman–Crippen MR) is 84.5 cm³/mol. The van der Waals surface area contributed by atoms with Crippen molar-refractivity contribution in [1.29, 1.82) is 0 Å². The number of halogens is 1. The van der Waals surface area contributed by atoms with Crippen molar-refractivity contribution in [2.45, 2.75) is 6.92 Å². The molecule has 1 aromatic carbocycles. The van der Waals surface area contributed by atoms with Crippen LogP contribution in [0.5, 0.6) is 0 Å². The Labute approximate surface area is 126 Å². The van der Waals surface area contributed by atoms with Crippen molar-refractivity contribution in [3.63, 3.8) is 0 Å². The normalized spacial score (nSPS) is 10.4. The van der Waals surface area contributed by atoms with Crippen molar-refractivity contribution < 1.29 is 5.11 Å². The third-order valence-corrected chi connectivity index (χ3v) is 3.33. The summed E-state index contributed by atoms with van der Waals surface area (Å²) in [5.74, 6) is 2.21. The molecule has 5 nitrogen and oxygen atoms in total. The Bertz CT molecular complexity index is 574. The van der Waals surface area contributed by atoms with E-state index in [-0.39, 0.29) is 6.61 Å². The molecule has 0 saturated carbocycles. The first-order chi connectivity index (χ1) is 9.60. The SMILES string of the molecule is Cc1nc(NCCO)cc(N(C)c2ccc(Br)cc2)n1. The quantitative estimate of drug-likeness (QED) is 0.879. The maximum atomic E-state index is 8.86. The van der Waals surface area contributed by atoms with Crippen LogP contribution >= 0.6 is 15.9 Å². The third-order valence-electron chi connectivity index (χ3n) is 2.80. The monoisotopic (exact) mass is 336 g/mol. The summed E-state index contributed by atoms with van der Waals surface area (Å²) in [6.07, 6.45) is 0. The number of aliphatic hydroxyl groups is 1. The Hall–Kier alpha value is -1.66. The first-order valence-corrected chi connectivity index (χ1v) is 7.09. The molecule has 2 rings (SSSR count). The van der Waals surface area contributed by atoms with E-state index in [2.05, 4.69) is 31.2 Å². The third kappa shape index (κ3) is 3.68. The zero-order chi connectivity index (χ0) is 14.5. The van der Waals surface area contributed by atoms with Gasteiger partial charge in [0.15, 0.2) is 0 Å². The highest BCUT2D eigenvalue weighted by Crippen LogP contribution is 2.25. The van der Waals surface area contributed by atoms with Crippen LogP contribution in [-0.4, -0.2) is 35.3 Å². The van der Waals surface area contributed by atoms with E-state index in [1.165, 1.54) is 0 Å². The lowest BCUT2D eigenvalue weighted by Crippen LogP contribution is -2.14. The average Bonchev–Trinajstić information content (AvgIpc) is 2.44. The summed E-state index contributed by atoms with van der Waals surface area (Å²) in [5.41, 5.74) is 1.04. The zero-order valence-corrected chi connectivity index (χ0v) is 13.1. The van der Waals surface area contributed by atoms with Crippen molar-refractivity contribution in [1.82, 2.24) is 9.97 Å². The van der Waals surface area contributed by atoms with Gasteiger partial charge in [0.25, 0.3) is 0 Å². The van der Waals surface area contributed by atoms with Crippen LogP contribution in [0.3, 0.4) is 0 Å². The molecule has 0 aliphatic rings. The standard InChI is InChI=1S/C14H17BrN4O/c1-10-17-13(16-7-8-20)9-14(18-10)19(2)12-5-3-11(15)4-6-12/h3-6,9,20H,7-8H2,1-2H3,(H,16,17,18). The van der Waals surface area contributed by atoms with Gasteiger partial charge in [-0.15, -0.1) is 0 Å². The number of aromatic nitrogens is 2. The van der Waals surface area contributed by atoms with E-state index < -0.39 is 0 Å². The number of benzene rings is 1. The van der Waals surface area contributed by atoms with E-state index in [4.69, 9.17) is 5.11 Å². The molecule has 0 bridgehead atoms. The number of aliphatic hydroxyl groups excluding tert-OH is 1. The summed E-state index contributed by atoms with van der Waals surface area (Å²) in [6.45, 7) is 2.39. The second kappa shape index (κ2) is 6.67. The Kier molecular flexibility index (Phi) is 4.92. The van der Waals surface area contributed by atoms with Crippen molar-refractivity contribution in [2.24, 2.45) is 0 Å². The molecule has 0 fully saturated rings. The van der Waals surface area contributed by atoms with E-state index in [9.17, 15) is 0 Å². The largest absolute Gasteiger partial charge is 0.395 e. The Morgan fingerprint density at radius 3 is 2.60 bits per heavy atom. The number of anilines is 3. The molecule has 6 heteroatoms. The minimum Gasteiger partial charge on any atom is -0.395 e. The maximum Gasteiger partial charge on any atom is 0.138 e. The van der Waals surface area contributed by atoms with Crippen LogP contribution in [0.4, 0.5) is 17.3 Å². The van der Waals surface area contributed by atoms with Crippen LogP contribution in [0, 0.1) is 6.92 Å². The minimum atomic E-state index is 0.0704. The molecule has 1 heterocycles. The number of nitrogens with one attached hydrogen (secondary N) is 1. The summed E-state index contributed by atoms with van der Waals surface area (Å²) in [6, 6.07) is 9.88. The number of nitrogens with zero attached hydrogens (tertiary/aromatic N) is 3. The first kappa shape index (κ1) is 14.7. The second-order valence-electron chi connectivity index (χ2n) is 4.34. The smallest absolute Gasteiger partial charge is 0.138 e. The maximum absolute atomic E-state index is 8.86. The summed E-state index contributed by atoms with van der Waals surface area (Å²) in [5, 5.41) is 11.9. The molecule has 0 saturated heterocycles. The lowest BCUT2D eigenvalue weighted by atomic mass is 10.3. The summed E-state index contributed by atoms with van der Waals surface area (Å²) >= 11 is 3.42. The first-order valence-electron chi connectivity index (χ1n) is 6.30. The molecule has 2 N–H and O–H groups in total. The fraction of sp³-hybridized carbons (Fsp3) is 0.286. The van der Waals surface area contributed by atoms with Gasteiger partial charge < -0.3 is 15.3 Å². The van der Waals surface area contributed by atoms with Gasteiger partial charge in [-0.3, -0.25) is 0 Å². The molecule has 20 heavy (non-hydrogen) atoms. The van der Waals surface area contributed by atoms with E-state index in [1.807, 2.05) is 49.2 Å². The summed E-state index contributed by atoms with van der Waals surface area (Å²) in [4.78, 5) is 10.7. The molecule has 0 radical (unpaired) electrons. The lowest BCUT2D eigenvalue weighted by molar-refractivity contribution is 0.311. The molecule has 0 aliphatic carbocycles. The van der Waals surface area contributed by atoms with Gasteiger partial charge in [0.05, 0.1) is 6.61 Å². The molecule has 0 aliphatic heterocycles. The fourth-order valence-electron chi connectivity index (χ4n) is 1.80. The van der Waals surface area contributed by atoms with Crippen molar-refractivity contribution in [3.8, 4) is 0 Å². The molecule has 0 amide bonds. The van der Waals surface area contributed by atoms with Gasteiger partial charge in [0.2, 0.25) is 0 Å². The predicted octanol–water partition coefficient (Wildman–Crippen LogP) is 2.72. The van der Waals surface area contributed by atoms with Gasteiger partial charge in [-0.2, -0.15) is 0 Å². The van der Waals surface area contributed by atoms with E-state index in [1.54, 1.807) is 0 Å². The highest BCUT2D eigenvalue weighted by atomic mass is 79.9. The highest BCUT2D eigenvalue weighted by molar-refractivity contribution is 9.10. The summed E-state index contributed by atoms with van der Waals surface area (Å²) in [7, 11) is 1.96. The molecular formula is C14H17BrN4O. The Morgan fingerprint density at radius 2 is 1.95 bits per heavy atom. The van der Waals surface area contributed by atoms with Gasteiger partial charge in [-0.1, -0.05) is 15.9 Å². The molecule has 0 atom stereocenters. The molecule has 1 aromatic heterocycles. The molecule has 0 unspecified atom stereocenters. The number of aryl methyl sites for hydroxylation is 1. The fourth-order valence-corrected chi connectivity index (χ4v) is 2.06. The molecule has 0 spiro atoms. The van der Waals surface area contributed by atoms with Gasteiger partial charge in [-0.25, -0.2) is 9.97 Å². The average molecular weight is 337 g/mol. The number of hydrogen-bond acceptors (Lipinski definition) is 5. The van der Waals surface area contributed by atoms with Crippen LogP contribution in [0.25, 0.3) is 0 Å². The van der Waals surface area contributed by atoms with Gasteiger partial charge in [-0.05, 0) is 31.2 Å². The molecule has 106 valence electrons. The van der Waals surface area contributed by atoms with Crippen LogP contribution in [-0.2, 0) is 0 Å². The summed E-state index contributed by atoms with van der Waals surface area (Å²) < 4.78 is 1.04. The van der Waals surface area contributed by atoms with Crippen LogP contribution in [0.1, 0.15) is 5.82 Å². The van der Waals surface area contributed by atoms with Crippen molar-refractivity contribution in [3.05, 3.63) is 40.6 Å². The number of hydrogen-bond donors (Lipinski definition) is 2. The van der Waals surface area contributed by atoms with E-state index in [0.29, 0.717) is 18.2 Å². The van der Waals surface area contributed by atoms with Gasteiger partial charge >= 0.3 is 0 Å². The van der Waals surface area contributed by atoms with Crippen LogP contribution < -0.4 is 10.2 Å². The lowest BCUT2D eigenvalue weighted by Gasteiger charge is -2.19. The number of rotatable bonds is 5. The topological polar surface area (TPSA) is 61.3 Å². The Morgan fingerprint density at radius 1 is 1.25 bits per heavy atom. The highest BCUT2D eigenvalue weighted by Gasteiger charge is 2.08. The van der Waals surface area contributed by atoms with Gasteiger partial charge in [0, 0.05) is 29.8 Å². The van der Waals surface area contributed by atoms with E-state index >= 15 is 0 Å². The minimum absolute atomic E-state index is 0.0704. The van der Waals surface area contributed by atoms with Crippen molar-refractivity contribution in [2.75, 3.05) is 30.4 Å².